The van der Waals surface area contributed by atoms with Crippen LogP contribution in [0.1, 0.15) is 26.7 Å². The molecular weight excluding hydrogens is 84.1 g/mol. The Morgan fingerprint density at radius 2 is 1.43 bits per heavy atom. The van der Waals surface area contributed by atoms with E-state index in [0.29, 0.717) is 0 Å². The zero-order chi connectivity index (χ0) is 5.91. The average Bonchev–Trinajstić information content (AvgIpc) is 1.68. The summed E-state index contributed by atoms with van der Waals surface area (Å²) in [6.45, 7) is 12.0. The van der Waals surface area contributed by atoms with Crippen molar-refractivity contribution in [3.8, 4) is 0 Å². The van der Waals surface area contributed by atoms with Gasteiger partial charge in [0.15, 0.2) is 0 Å². The first kappa shape index (κ1) is 7.00. The van der Waals surface area contributed by atoms with Crippen LogP contribution in [-0.4, -0.2) is 0 Å². The zero-order valence-corrected chi connectivity index (χ0v) is 5.33. The molecule has 0 aliphatic heterocycles. The van der Waals surface area contributed by atoms with Gasteiger partial charge in [0.25, 0.3) is 0 Å². The molecule has 0 aromatic carbocycles. The predicted molar refractivity (Wildman–Crippen MR) is 33.7 cm³/mol. The Labute approximate surface area is 46.9 Å². The SMILES string of the molecule is [CH2]C([CH2])(CC)CC. The van der Waals surface area contributed by atoms with Crippen LogP contribution >= 0.6 is 0 Å². The fourth-order valence-corrected chi connectivity index (χ4v) is 0.250. The zero-order valence-electron chi connectivity index (χ0n) is 5.33. The van der Waals surface area contributed by atoms with Gasteiger partial charge < -0.3 is 0 Å². The van der Waals surface area contributed by atoms with E-state index in [1.54, 1.807) is 0 Å². The highest BCUT2D eigenvalue weighted by Gasteiger charge is 2.10. The molecule has 0 aromatic rings. The molecule has 2 radical (unpaired) electrons. The van der Waals surface area contributed by atoms with Crippen LogP contribution in [0.5, 0.6) is 0 Å². The van der Waals surface area contributed by atoms with Crippen LogP contribution in [0.3, 0.4) is 0 Å². The van der Waals surface area contributed by atoms with Crippen molar-refractivity contribution in [2.24, 2.45) is 5.41 Å². The Morgan fingerprint density at radius 1 is 1.14 bits per heavy atom. The first-order valence-electron chi connectivity index (χ1n) is 2.83. The summed E-state index contributed by atoms with van der Waals surface area (Å²) in [4.78, 5) is 0. The molecule has 0 amide bonds. The lowest BCUT2D eigenvalue weighted by Gasteiger charge is -2.18. The van der Waals surface area contributed by atoms with E-state index < -0.39 is 0 Å². The van der Waals surface area contributed by atoms with Gasteiger partial charge in [-0.25, -0.2) is 0 Å². The molecule has 0 rings (SSSR count). The van der Waals surface area contributed by atoms with Crippen molar-refractivity contribution in [1.82, 2.24) is 0 Å². The summed E-state index contributed by atoms with van der Waals surface area (Å²) in [6, 6.07) is 0. The summed E-state index contributed by atoms with van der Waals surface area (Å²) < 4.78 is 0. The van der Waals surface area contributed by atoms with Crippen LogP contribution in [0, 0.1) is 19.3 Å². The molecule has 0 heterocycles. The quantitative estimate of drug-likeness (QED) is 0.497. The minimum atomic E-state index is 0.0833. The maximum absolute atomic E-state index is 3.90. The van der Waals surface area contributed by atoms with E-state index in [1.807, 2.05) is 0 Å². The second-order valence-corrected chi connectivity index (χ2v) is 2.21. The lowest BCUT2D eigenvalue weighted by atomic mass is 9.88. The van der Waals surface area contributed by atoms with Crippen molar-refractivity contribution < 1.29 is 0 Å². The van der Waals surface area contributed by atoms with E-state index in [1.165, 1.54) is 0 Å². The Morgan fingerprint density at radius 3 is 1.43 bits per heavy atom. The molecule has 0 heteroatoms. The van der Waals surface area contributed by atoms with Crippen molar-refractivity contribution >= 4 is 0 Å². The Balaban J connectivity index is 3.36. The van der Waals surface area contributed by atoms with Crippen molar-refractivity contribution in [3.05, 3.63) is 13.8 Å². The molecule has 0 aromatic heterocycles. The van der Waals surface area contributed by atoms with Crippen LogP contribution in [0.25, 0.3) is 0 Å². The van der Waals surface area contributed by atoms with Gasteiger partial charge in [-0.2, -0.15) is 0 Å². The molecule has 7 heavy (non-hydrogen) atoms. The molecule has 0 nitrogen and oxygen atoms in total. The molecule has 0 unspecified atom stereocenters. The topological polar surface area (TPSA) is 0 Å². The molecule has 0 spiro atoms. The van der Waals surface area contributed by atoms with Gasteiger partial charge in [-0.1, -0.05) is 26.7 Å². The molecule has 0 saturated heterocycles. The second kappa shape index (κ2) is 2.34. The molecule has 0 aliphatic carbocycles. The Kier molecular flexibility index (Phi) is 2.34. The van der Waals surface area contributed by atoms with Crippen LogP contribution < -0.4 is 0 Å². The van der Waals surface area contributed by atoms with E-state index in [4.69, 9.17) is 0 Å². The number of rotatable bonds is 2. The van der Waals surface area contributed by atoms with E-state index in [0.717, 1.165) is 12.8 Å². The Bertz CT molecular complexity index is 38.0. The first-order chi connectivity index (χ1) is 3.12. The molecule has 0 atom stereocenters. The maximum Gasteiger partial charge on any atom is -0.0302 e. The van der Waals surface area contributed by atoms with E-state index in [9.17, 15) is 0 Å². The average molecular weight is 98.2 g/mol. The first-order valence-corrected chi connectivity index (χ1v) is 2.83. The summed E-state index contributed by atoms with van der Waals surface area (Å²) in [5.74, 6) is 0. The van der Waals surface area contributed by atoms with E-state index in [-0.39, 0.29) is 5.41 Å². The van der Waals surface area contributed by atoms with Gasteiger partial charge in [0, 0.05) is 0 Å². The number of hydrogen-bond acceptors (Lipinski definition) is 0. The monoisotopic (exact) mass is 98.1 g/mol. The van der Waals surface area contributed by atoms with Gasteiger partial charge in [0.2, 0.25) is 0 Å². The third-order valence-corrected chi connectivity index (χ3v) is 1.50. The summed E-state index contributed by atoms with van der Waals surface area (Å²) in [7, 11) is 0. The fourth-order valence-electron chi connectivity index (χ4n) is 0.250. The van der Waals surface area contributed by atoms with Crippen molar-refractivity contribution in [3.63, 3.8) is 0 Å². The Hall–Kier alpha value is 0. The highest BCUT2D eigenvalue weighted by Crippen LogP contribution is 2.21. The van der Waals surface area contributed by atoms with Crippen molar-refractivity contribution in [1.29, 1.82) is 0 Å². The van der Waals surface area contributed by atoms with Crippen LogP contribution in [0.2, 0.25) is 0 Å². The van der Waals surface area contributed by atoms with Gasteiger partial charge in [0.1, 0.15) is 0 Å². The van der Waals surface area contributed by atoms with E-state index >= 15 is 0 Å². The van der Waals surface area contributed by atoms with Gasteiger partial charge in [-0.3, -0.25) is 0 Å². The third kappa shape index (κ3) is 2.67. The highest BCUT2D eigenvalue weighted by molar-refractivity contribution is 4.80. The normalized spacial score (nSPS) is 12.0. The number of hydrogen-bond donors (Lipinski definition) is 0. The van der Waals surface area contributed by atoms with Gasteiger partial charge in [0.05, 0.1) is 0 Å². The summed E-state index contributed by atoms with van der Waals surface area (Å²) >= 11 is 0. The minimum absolute atomic E-state index is 0.0833. The van der Waals surface area contributed by atoms with Gasteiger partial charge >= 0.3 is 0 Å². The van der Waals surface area contributed by atoms with Crippen LogP contribution in [0.15, 0.2) is 0 Å². The molecule has 0 bridgehead atoms. The largest absolute Gasteiger partial charge is 0.0649 e. The van der Waals surface area contributed by atoms with Gasteiger partial charge in [-0.15, -0.1) is 0 Å². The molecular formula is C7H14. The smallest absolute Gasteiger partial charge is 0.0302 e. The fraction of sp³-hybridized carbons (Fsp3) is 0.714. The minimum Gasteiger partial charge on any atom is -0.0649 e. The summed E-state index contributed by atoms with van der Waals surface area (Å²) in [5, 5.41) is 0. The maximum atomic E-state index is 3.90. The molecule has 0 aliphatic rings. The lowest BCUT2D eigenvalue weighted by Crippen LogP contribution is -2.07. The lowest BCUT2D eigenvalue weighted by molar-refractivity contribution is 0.447. The molecule has 0 saturated carbocycles. The second-order valence-electron chi connectivity index (χ2n) is 2.21. The molecule has 0 fully saturated rings. The highest BCUT2D eigenvalue weighted by atomic mass is 14.1. The van der Waals surface area contributed by atoms with Crippen molar-refractivity contribution in [2.45, 2.75) is 26.7 Å². The molecule has 42 valence electrons. The van der Waals surface area contributed by atoms with Crippen LogP contribution in [-0.2, 0) is 0 Å². The molecule has 0 N–H and O–H groups in total. The summed E-state index contributed by atoms with van der Waals surface area (Å²) in [5.41, 5.74) is 0.0833. The third-order valence-electron chi connectivity index (χ3n) is 1.50. The van der Waals surface area contributed by atoms with E-state index in [2.05, 4.69) is 27.7 Å². The predicted octanol–water partition coefficient (Wildman–Crippen LogP) is 2.46. The van der Waals surface area contributed by atoms with Crippen molar-refractivity contribution in [2.75, 3.05) is 0 Å². The summed E-state index contributed by atoms with van der Waals surface area (Å²) in [6.07, 6.45) is 2.15. The standard InChI is InChI=1S/C7H14/c1-5-7(3,4)6-2/h3-6H2,1-2H3. The van der Waals surface area contributed by atoms with Gasteiger partial charge in [-0.05, 0) is 19.3 Å². The van der Waals surface area contributed by atoms with Crippen LogP contribution in [0.4, 0.5) is 0 Å².